The van der Waals surface area contributed by atoms with Gasteiger partial charge in [0.15, 0.2) is 0 Å². The molecule has 1 fully saturated rings. The fourth-order valence-electron chi connectivity index (χ4n) is 3.20. The summed E-state index contributed by atoms with van der Waals surface area (Å²) in [6.45, 7) is 4.74. The number of halogens is 3. The van der Waals surface area contributed by atoms with Crippen LogP contribution in [0.25, 0.3) is 0 Å². The number of hydrogen-bond donors (Lipinski definition) is 1. The zero-order chi connectivity index (χ0) is 19.4. The van der Waals surface area contributed by atoms with Crippen LogP contribution in [0.4, 0.5) is 20.6 Å². The van der Waals surface area contributed by atoms with Crippen LogP contribution in [0.3, 0.4) is 0 Å². The van der Waals surface area contributed by atoms with Gasteiger partial charge in [-0.2, -0.15) is 0 Å². The van der Waals surface area contributed by atoms with Crippen LogP contribution in [0.15, 0.2) is 30.6 Å². The molecule has 8 heteroatoms. The maximum Gasteiger partial charge on any atom is 0.321 e. The molecule has 2 aromatic rings. The van der Waals surface area contributed by atoms with Gasteiger partial charge in [-0.25, -0.2) is 9.18 Å². The molecule has 0 saturated carbocycles. The van der Waals surface area contributed by atoms with Crippen LogP contribution in [0.1, 0.15) is 18.9 Å². The van der Waals surface area contributed by atoms with Gasteiger partial charge in [0, 0.05) is 44.3 Å². The Balaban J connectivity index is 1.68. The van der Waals surface area contributed by atoms with E-state index in [0.717, 1.165) is 30.6 Å². The van der Waals surface area contributed by atoms with Crippen molar-refractivity contribution in [1.29, 1.82) is 0 Å². The Kier molecular flexibility index (Phi) is 6.39. The number of carbonyl (C=O) groups is 1. The number of aromatic nitrogens is 1. The molecule has 5 nitrogen and oxygen atoms in total. The molecular weight excluding hydrogens is 390 g/mol. The fourth-order valence-corrected chi connectivity index (χ4v) is 3.68. The summed E-state index contributed by atoms with van der Waals surface area (Å²) >= 11 is 12.2. The van der Waals surface area contributed by atoms with Crippen molar-refractivity contribution >= 4 is 40.6 Å². The van der Waals surface area contributed by atoms with Gasteiger partial charge in [0.05, 0.1) is 15.7 Å². The van der Waals surface area contributed by atoms with E-state index in [1.54, 1.807) is 11.1 Å². The lowest BCUT2D eigenvalue weighted by Crippen LogP contribution is -2.38. The van der Waals surface area contributed by atoms with Crippen LogP contribution in [-0.2, 0) is 6.42 Å². The smallest absolute Gasteiger partial charge is 0.321 e. The minimum absolute atomic E-state index is 0.0192. The van der Waals surface area contributed by atoms with E-state index in [1.165, 1.54) is 18.2 Å². The normalized spacial score (nSPS) is 14.8. The summed E-state index contributed by atoms with van der Waals surface area (Å²) in [4.78, 5) is 20.7. The molecule has 27 heavy (non-hydrogen) atoms. The Bertz CT molecular complexity index is 833. The number of carbonyl (C=O) groups excluding carboxylic acids is 1. The molecule has 0 bridgehead atoms. The molecular formula is C19H21Cl2FN4O. The summed E-state index contributed by atoms with van der Waals surface area (Å²) in [7, 11) is 0. The van der Waals surface area contributed by atoms with Gasteiger partial charge in [-0.15, -0.1) is 0 Å². The van der Waals surface area contributed by atoms with Crippen LogP contribution >= 0.6 is 23.2 Å². The van der Waals surface area contributed by atoms with E-state index in [4.69, 9.17) is 23.2 Å². The van der Waals surface area contributed by atoms with Gasteiger partial charge in [0.2, 0.25) is 0 Å². The number of hydrogen-bond acceptors (Lipinski definition) is 3. The number of amides is 2. The highest BCUT2D eigenvalue weighted by Crippen LogP contribution is 2.30. The third-order valence-electron chi connectivity index (χ3n) is 4.60. The SMILES string of the molecule is CCc1cncc(Cl)c1N1CCCN(C(=O)Nc2ccc(F)c(Cl)c2)CC1. The number of urea groups is 1. The summed E-state index contributed by atoms with van der Waals surface area (Å²) in [6.07, 6.45) is 5.16. The fraction of sp³-hybridized carbons (Fsp3) is 0.368. The molecule has 1 aromatic carbocycles. The third-order valence-corrected chi connectivity index (χ3v) is 5.17. The molecule has 0 aliphatic carbocycles. The van der Waals surface area contributed by atoms with E-state index < -0.39 is 5.82 Å². The van der Waals surface area contributed by atoms with Crippen molar-refractivity contribution in [3.63, 3.8) is 0 Å². The lowest BCUT2D eigenvalue weighted by Gasteiger charge is -2.26. The molecule has 0 unspecified atom stereocenters. The molecule has 1 aromatic heterocycles. The van der Waals surface area contributed by atoms with Crippen LogP contribution in [-0.4, -0.2) is 42.1 Å². The standard InChI is InChI=1S/C19H21Cl2FN4O/c1-2-13-11-23-12-16(21)18(13)25-6-3-7-26(9-8-25)19(27)24-14-4-5-17(22)15(20)10-14/h4-5,10-12H,2-3,6-9H2,1H3,(H,24,27). The van der Waals surface area contributed by atoms with E-state index in [0.29, 0.717) is 30.3 Å². The van der Waals surface area contributed by atoms with Crippen LogP contribution < -0.4 is 10.2 Å². The Labute approximate surface area is 168 Å². The summed E-state index contributed by atoms with van der Waals surface area (Å²) in [5.41, 5.74) is 2.57. The van der Waals surface area contributed by atoms with E-state index in [2.05, 4.69) is 22.1 Å². The molecule has 144 valence electrons. The van der Waals surface area contributed by atoms with Crippen molar-refractivity contribution in [2.75, 3.05) is 36.4 Å². The monoisotopic (exact) mass is 410 g/mol. The molecule has 3 rings (SSSR count). The molecule has 2 amide bonds. The van der Waals surface area contributed by atoms with Crippen molar-refractivity contribution in [3.8, 4) is 0 Å². The van der Waals surface area contributed by atoms with Crippen LogP contribution in [0.2, 0.25) is 10.0 Å². The number of nitrogens with zero attached hydrogens (tertiary/aromatic N) is 3. The van der Waals surface area contributed by atoms with E-state index in [-0.39, 0.29) is 11.1 Å². The summed E-state index contributed by atoms with van der Waals surface area (Å²) in [5.74, 6) is -0.513. The molecule has 1 aliphatic rings. The molecule has 1 saturated heterocycles. The van der Waals surface area contributed by atoms with Crippen molar-refractivity contribution in [2.45, 2.75) is 19.8 Å². The van der Waals surface area contributed by atoms with Crippen molar-refractivity contribution < 1.29 is 9.18 Å². The number of aryl methyl sites for hydroxylation is 1. The quantitative estimate of drug-likeness (QED) is 0.787. The predicted molar refractivity (Wildman–Crippen MR) is 107 cm³/mol. The molecule has 2 heterocycles. The lowest BCUT2D eigenvalue weighted by atomic mass is 10.1. The summed E-state index contributed by atoms with van der Waals surface area (Å²) in [5, 5.41) is 3.39. The molecule has 0 spiro atoms. The maximum absolute atomic E-state index is 13.3. The van der Waals surface area contributed by atoms with E-state index in [1.807, 2.05) is 6.20 Å². The minimum Gasteiger partial charge on any atom is -0.368 e. The van der Waals surface area contributed by atoms with Gasteiger partial charge in [-0.3, -0.25) is 4.98 Å². The Hall–Kier alpha value is -2.05. The Morgan fingerprint density at radius 3 is 2.74 bits per heavy atom. The average molecular weight is 411 g/mol. The topological polar surface area (TPSA) is 48.5 Å². The number of nitrogens with one attached hydrogen (secondary N) is 1. The Morgan fingerprint density at radius 1 is 1.19 bits per heavy atom. The molecule has 1 aliphatic heterocycles. The van der Waals surface area contributed by atoms with Crippen molar-refractivity contribution in [3.05, 3.63) is 52.0 Å². The van der Waals surface area contributed by atoms with Crippen molar-refractivity contribution in [1.82, 2.24) is 9.88 Å². The first-order valence-corrected chi connectivity index (χ1v) is 9.63. The first-order chi connectivity index (χ1) is 13.0. The number of anilines is 2. The zero-order valence-electron chi connectivity index (χ0n) is 15.0. The molecule has 1 N–H and O–H groups in total. The van der Waals surface area contributed by atoms with E-state index in [9.17, 15) is 9.18 Å². The highest BCUT2D eigenvalue weighted by Gasteiger charge is 2.22. The third kappa shape index (κ3) is 4.62. The summed E-state index contributed by atoms with van der Waals surface area (Å²) in [6, 6.07) is 3.91. The molecule has 0 radical (unpaired) electrons. The second-order valence-electron chi connectivity index (χ2n) is 6.37. The van der Waals surface area contributed by atoms with Gasteiger partial charge < -0.3 is 15.1 Å². The van der Waals surface area contributed by atoms with Gasteiger partial charge in [-0.1, -0.05) is 30.1 Å². The number of pyridine rings is 1. The second-order valence-corrected chi connectivity index (χ2v) is 7.18. The lowest BCUT2D eigenvalue weighted by molar-refractivity contribution is 0.215. The first-order valence-electron chi connectivity index (χ1n) is 8.88. The average Bonchev–Trinajstić information content (AvgIpc) is 2.90. The highest BCUT2D eigenvalue weighted by molar-refractivity contribution is 6.33. The summed E-state index contributed by atoms with van der Waals surface area (Å²) < 4.78 is 13.3. The predicted octanol–water partition coefficient (Wildman–Crippen LogP) is 4.83. The van der Waals surface area contributed by atoms with Crippen LogP contribution in [0.5, 0.6) is 0 Å². The molecule has 0 atom stereocenters. The zero-order valence-corrected chi connectivity index (χ0v) is 16.5. The van der Waals surface area contributed by atoms with Gasteiger partial charge in [-0.05, 0) is 36.6 Å². The van der Waals surface area contributed by atoms with Gasteiger partial charge in [0.1, 0.15) is 5.82 Å². The van der Waals surface area contributed by atoms with Gasteiger partial charge in [0.25, 0.3) is 0 Å². The first kappa shape index (κ1) is 19.7. The Morgan fingerprint density at radius 2 is 2.00 bits per heavy atom. The minimum atomic E-state index is -0.513. The number of benzene rings is 1. The highest BCUT2D eigenvalue weighted by atomic mass is 35.5. The van der Waals surface area contributed by atoms with Gasteiger partial charge >= 0.3 is 6.03 Å². The van der Waals surface area contributed by atoms with E-state index >= 15 is 0 Å². The van der Waals surface area contributed by atoms with Crippen LogP contribution in [0, 0.1) is 5.82 Å². The van der Waals surface area contributed by atoms with Crippen molar-refractivity contribution in [2.24, 2.45) is 0 Å². The largest absolute Gasteiger partial charge is 0.368 e. The second kappa shape index (κ2) is 8.76. The maximum atomic E-state index is 13.3. The number of rotatable bonds is 3.